The highest BCUT2D eigenvalue weighted by atomic mass is 32.2. The van der Waals surface area contributed by atoms with Crippen molar-refractivity contribution >= 4 is 29.4 Å². The molecule has 0 atom stereocenters. The molecule has 0 spiro atoms. The van der Waals surface area contributed by atoms with Gasteiger partial charge >= 0.3 is 0 Å². The minimum atomic E-state index is -0.0593. The molecule has 0 unspecified atom stereocenters. The van der Waals surface area contributed by atoms with E-state index in [9.17, 15) is 9.59 Å². The predicted octanol–water partition coefficient (Wildman–Crippen LogP) is 3.54. The molecule has 132 valence electrons. The highest BCUT2D eigenvalue weighted by Gasteiger charge is 2.16. The summed E-state index contributed by atoms with van der Waals surface area (Å²) < 4.78 is 2.15. The minimum absolute atomic E-state index is 0.0112. The number of aryl methyl sites for hydroxylation is 1. The number of hydrogen-bond acceptors (Lipinski definition) is 4. The van der Waals surface area contributed by atoms with E-state index >= 15 is 0 Å². The number of amides is 1. The van der Waals surface area contributed by atoms with Crippen molar-refractivity contribution in [1.29, 1.82) is 0 Å². The highest BCUT2D eigenvalue weighted by molar-refractivity contribution is 8.16. The topological polar surface area (TPSA) is 51.1 Å². The Morgan fingerprint density at radius 1 is 1.12 bits per heavy atom. The van der Waals surface area contributed by atoms with Crippen molar-refractivity contribution in [3.8, 4) is 0 Å². The SMILES string of the molecule is O=C(NCCCn1ccccc1=O)c1ccc(C2SCCCS2)cc1. The van der Waals surface area contributed by atoms with Gasteiger partial charge in [0.2, 0.25) is 5.56 Å². The largest absolute Gasteiger partial charge is 0.352 e. The molecule has 6 heteroatoms. The van der Waals surface area contributed by atoms with Gasteiger partial charge in [0, 0.05) is 30.9 Å². The summed E-state index contributed by atoms with van der Waals surface area (Å²) in [5.41, 5.74) is 1.96. The Balaban J connectivity index is 1.46. The molecule has 1 aliphatic heterocycles. The van der Waals surface area contributed by atoms with Crippen LogP contribution in [0.5, 0.6) is 0 Å². The predicted molar refractivity (Wildman–Crippen MR) is 106 cm³/mol. The van der Waals surface area contributed by atoms with Crippen LogP contribution in [0.25, 0.3) is 0 Å². The fraction of sp³-hybridized carbons (Fsp3) is 0.368. The van der Waals surface area contributed by atoms with E-state index in [1.54, 1.807) is 22.9 Å². The Hall–Kier alpha value is -1.66. The van der Waals surface area contributed by atoms with Crippen LogP contribution in [-0.4, -0.2) is 28.5 Å². The van der Waals surface area contributed by atoms with Gasteiger partial charge in [-0.3, -0.25) is 9.59 Å². The summed E-state index contributed by atoms with van der Waals surface area (Å²) >= 11 is 3.96. The Morgan fingerprint density at radius 2 is 1.88 bits per heavy atom. The fourth-order valence-electron chi connectivity index (χ4n) is 2.67. The number of hydrogen-bond donors (Lipinski definition) is 1. The smallest absolute Gasteiger partial charge is 0.251 e. The van der Waals surface area contributed by atoms with E-state index in [-0.39, 0.29) is 11.5 Å². The summed E-state index contributed by atoms with van der Waals surface area (Å²) in [4.78, 5) is 23.8. The van der Waals surface area contributed by atoms with Gasteiger partial charge in [-0.15, -0.1) is 23.5 Å². The maximum absolute atomic E-state index is 12.2. The molecule has 0 radical (unpaired) electrons. The summed E-state index contributed by atoms with van der Waals surface area (Å²) in [5.74, 6) is 2.37. The van der Waals surface area contributed by atoms with Crippen LogP contribution in [0.1, 0.15) is 33.3 Å². The number of pyridine rings is 1. The van der Waals surface area contributed by atoms with Crippen molar-refractivity contribution in [1.82, 2.24) is 9.88 Å². The summed E-state index contributed by atoms with van der Waals surface area (Å²) in [6, 6.07) is 13.1. The van der Waals surface area contributed by atoms with Crippen molar-refractivity contribution in [2.45, 2.75) is 24.0 Å². The molecule has 3 rings (SSSR count). The second-order valence-electron chi connectivity index (χ2n) is 5.89. The molecule has 0 saturated carbocycles. The summed E-state index contributed by atoms with van der Waals surface area (Å²) in [7, 11) is 0. The van der Waals surface area contributed by atoms with Crippen LogP contribution < -0.4 is 10.9 Å². The highest BCUT2D eigenvalue weighted by Crippen LogP contribution is 2.43. The normalized spacial score (nSPS) is 15.0. The molecule has 1 fully saturated rings. The van der Waals surface area contributed by atoms with Crippen molar-refractivity contribution in [3.05, 3.63) is 70.1 Å². The Labute approximate surface area is 156 Å². The number of carbonyl (C=O) groups excluding carboxylic acids is 1. The molecule has 25 heavy (non-hydrogen) atoms. The van der Waals surface area contributed by atoms with Crippen LogP contribution in [0.3, 0.4) is 0 Å². The molecule has 1 aliphatic rings. The lowest BCUT2D eigenvalue weighted by molar-refractivity contribution is 0.0952. The Bertz CT molecular complexity index is 753. The number of rotatable bonds is 6. The lowest BCUT2D eigenvalue weighted by Gasteiger charge is -2.21. The molecule has 1 N–H and O–H groups in total. The van der Waals surface area contributed by atoms with Gasteiger partial charge in [0.1, 0.15) is 0 Å². The van der Waals surface area contributed by atoms with Gasteiger partial charge in [-0.2, -0.15) is 0 Å². The summed E-state index contributed by atoms with van der Waals surface area (Å²) in [6.07, 6.45) is 3.77. The van der Waals surface area contributed by atoms with Gasteiger partial charge in [-0.05, 0) is 48.1 Å². The third kappa shape index (κ3) is 5.16. The van der Waals surface area contributed by atoms with E-state index in [0.29, 0.717) is 23.2 Å². The average molecular weight is 375 g/mol. The molecular formula is C19H22N2O2S2. The Morgan fingerprint density at radius 3 is 2.60 bits per heavy atom. The van der Waals surface area contributed by atoms with Crippen molar-refractivity contribution in [2.75, 3.05) is 18.1 Å². The third-order valence-corrected chi connectivity index (χ3v) is 7.05. The second-order valence-corrected chi connectivity index (χ2v) is 8.62. The monoisotopic (exact) mass is 374 g/mol. The number of benzene rings is 1. The third-order valence-electron chi connectivity index (χ3n) is 4.03. The van der Waals surface area contributed by atoms with Crippen molar-refractivity contribution < 1.29 is 4.79 Å². The number of aromatic nitrogens is 1. The van der Waals surface area contributed by atoms with Gasteiger partial charge in [0.05, 0.1) is 4.58 Å². The van der Waals surface area contributed by atoms with Crippen LogP contribution in [0.15, 0.2) is 53.5 Å². The molecule has 1 amide bonds. The van der Waals surface area contributed by atoms with E-state index < -0.39 is 0 Å². The lowest BCUT2D eigenvalue weighted by atomic mass is 10.1. The van der Waals surface area contributed by atoms with Crippen LogP contribution in [0.4, 0.5) is 0 Å². The molecule has 0 bridgehead atoms. The molecule has 4 nitrogen and oxygen atoms in total. The molecule has 2 heterocycles. The van der Waals surface area contributed by atoms with Crippen molar-refractivity contribution in [3.63, 3.8) is 0 Å². The molecule has 1 saturated heterocycles. The number of carbonyl (C=O) groups is 1. The van der Waals surface area contributed by atoms with Gasteiger partial charge < -0.3 is 9.88 Å². The summed E-state index contributed by atoms with van der Waals surface area (Å²) in [5, 5.41) is 2.92. The minimum Gasteiger partial charge on any atom is -0.352 e. The number of nitrogens with zero attached hydrogens (tertiary/aromatic N) is 1. The van der Waals surface area contributed by atoms with E-state index in [1.165, 1.54) is 23.5 Å². The molecule has 0 aliphatic carbocycles. The molecule has 1 aromatic heterocycles. The van der Waals surface area contributed by atoms with Crippen LogP contribution in [0, 0.1) is 0 Å². The number of thioether (sulfide) groups is 2. The molecule has 2 aromatic rings. The molecule has 1 aromatic carbocycles. The van der Waals surface area contributed by atoms with E-state index in [2.05, 4.69) is 17.4 Å². The van der Waals surface area contributed by atoms with Gasteiger partial charge in [0.25, 0.3) is 5.91 Å². The average Bonchev–Trinajstić information content (AvgIpc) is 2.67. The maximum Gasteiger partial charge on any atom is 0.251 e. The number of nitrogens with one attached hydrogen (secondary N) is 1. The van der Waals surface area contributed by atoms with E-state index in [0.717, 1.165) is 6.42 Å². The van der Waals surface area contributed by atoms with E-state index in [1.807, 2.05) is 41.7 Å². The first-order valence-corrected chi connectivity index (χ1v) is 10.6. The van der Waals surface area contributed by atoms with Gasteiger partial charge in [-0.1, -0.05) is 18.2 Å². The standard InChI is InChI=1S/C19H22N2O2S2/c22-17-5-1-2-11-21(17)12-3-10-20-18(23)15-6-8-16(9-7-15)19-24-13-4-14-25-19/h1-2,5-9,11,19H,3-4,10,12-14H2,(H,20,23). The zero-order valence-corrected chi connectivity index (χ0v) is 15.7. The Kier molecular flexibility index (Phi) is 6.64. The van der Waals surface area contributed by atoms with Crippen LogP contribution in [-0.2, 0) is 6.54 Å². The lowest BCUT2D eigenvalue weighted by Crippen LogP contribution is -2.26. The van der Waals surface area contributed by atoms with E-state index in [4.69, 9.17) is 0 Å². The quantitative estimate of drug-likeness (QED) is 0.786. The fourth-order valence-corrected chi connectivity index (χ4v) is 5.56. The zero-order valence-electron chi connectivity index (χ0n) is 14.0. The van der Waals surface area contributed by atoms with Crippen LogP contribution >= 0.6 is 23.5 Å². The first-order valence-electron chi connectivity index (χ1n) is 8.51. The molecular weight excluding hydrogens is 352 g/mol. The zero-order chi connectivity index (χ0) is 17.5. The van der Waals surface area contributed by atoms with Gasteiger partial charge in [-0.25, -0.2) is 0 Å². The first kappa shape index (κ1) is 18.1. The van der Waals surface area contributed by atoms with Gasteiger partial charge in [0.15, 0.2) is 0 Å². The maximum atomic E-state index is 12.2. The van der Waals surface area contributed by atoms with Crippen molar-refractivity contribution in [2.24, 2.45) is 0 Å². The second kappa shape index (κ2) is 9.15. The van der Waals surface area contributed by atoms with Crippen LogP contribution in [0.2, 0.25) is 0 Å². The summed E-state index contributed by atoms with van der Waals surface area (Å²) in [6.45, 7) is 1.16. The first-order chi connectivity index (χ1) is 12.2.